The molecule has 0 N–H and O–H groups in total. The monoisotopic (exact) mass is 678 g/mol. The summed E-state index contributed by atoms with van der Waals surface area (Å²) in [6.45, 7) is 0. The largest absolute Gasteiger partial charge is 0.293 e. The van der Waals surface area contributed by atoms with E-state index in [9.17, 15) is 0 Å². The summed E-state index contributed by atoms with van der Waals surface area (Å²) >= 11 is 0. The Kier molecular flexibility index (Phi) is 7.75. The van der Waals surface area contributed by atoms with E-state index in [1.165, 1.54) is 57.8 Å². The zero-order valence-electron chi connectivity index (χ0n) is 28.9. The Bertz CT molecular complexity index is 2080. The van der Waals surface area contributed by atoms with Crippen molar-refractivity contribution in [3.63, 3.8) is 0 Å². The van der Waals surface area contributed by atoms with Gasteiger partial charge in [-0.1, -0.05) is 57.8 Å². The van der Waals surface area contributed by atoms with Crippen molar-refractivity contribution >= 4 is 33.5 Å². The zero-order chi connectivity index (χ0) is 33.7. The van der Waals surface area contributed by atoms with Gasteiger partial charge in [-0.3, -0.25) is 13.7 Å². The SMILES string of the molecule is c1ncc2c(n1)nc(C1CCCCC1)n2-c1cc(-n2c(C3CCCCC3)nc3ncncc32)cc(-n2c(C3CCCCC3)nc3ncncc32)c1. The summed E-state index contributed by atoms with van der Waals surface area (Å²) in [4.78, 5) is 43.1. The minimum Gasteiger partial charge on any atom is -0.293 e. The van der Waals surface area contributed by atoms with Crippen LogP contribution in [-0.2, 0) is 0 Å². The van der Waals surface area contributed by atoms with E-state index in [2.05, 4.69) is 61.8 Å². The molecule has 3 saturated carbocycles. The molecule has 7 aromatic rings. The Morgan fingerprint density at radius 2 is 0.686 bits per heavy atom. The van der Waals surface area contributed by atoms with Gasteiger partial charge in [0.25, 0.3) is 0 Å². The van der Waals surface area contributed by atoms with Crippen molar-refractivity contribution in [3.8, 4) is 17.1 Å². The average molecular weight is 679 g/mol. The van der Waals surface area contributed by atoms with E-state index in [4.69, 9.17) is 15.0 Å². The maximum atomic E-state index is 5.21. The molecule has 0 atom stereocenters. The Hall–Kier alpha value is -5.13. The van der Waals surface area contributed by atoms with E-state index in [0.717, 1.165) is 107 Å². The molecular formula is C39H42N12. The Morgan fingerprint density at radius 3 is 0.980 bits per heavy atom. The van der Waals surface area contributed by atoms with Gasteiger partial charge in [0.15, 0.2) is 16.9 Å². The van der Waals surface area contributed by atoms with Crippen molar-refractivity contribution in [3.05, 3.63) is 73.2 Å². The number of rotatable bonds is 6. The standard InChI is InChI=1S/C39H42N12/c1-4-10-25(11-5-1)37-46-34-31(19-40-22-43-34)49(37)28-16-29(50-32-20-41-23-44-35(32)47-38(50)26-12-6-2-7-13-26)18-30(17-28)51-33-21-42-24-45-36(33)48-39(51)27-14-8-3-9-15-27/h16-27H,1-15H2. The first-order valence-corrected chi connectivity index (χ1v) is 19.0. The van der Waals surface area contributed by atoms with E-state index in [1.807, 2.05) is 18.6 Å². The van der Waals surface area contributed by atoms with Crippen LogP contribution in [0.25, 0.3) is 50.6 Å². The van der Waals surface area contributed by atoms with Crippen LogP contribution in [0.5, 0.6) is 0 Å². The lowest BCUT2D eigenvalue weighted by Crippen LogP contribution is -2.15. The summed E-state index contributed by atoms with van der Waals surface area (Å²) in [5.74, 6) is 4.23. The van der Waals surface area contributed by atoms with Crippen molar-refractivity contribution in [2.75, 3.05) is 0 Å². The van der Waals surface area contributed by atoms with E-state index in [0.29, 0.717) is 17.8 Å². The number of benzene rings is 1. The molecule has 0 spiro atoms. The molecule has 10 rings (SSSR count). The van der Waals surface area contributed by atoms with Crippen LogP contribution in [0.4, 0.5) is 0 Å². The summed E-state index contributed by atoms with van der Waals surface area (Å²) in [5, 5.41) is 0. The van der Waals surface area contributed by atoms with Crippen molar-refractivity contribution in [1.82, 2.24) is 58.6 Å². The second-order valence-electron chi connectivity index (χ2n) is 14.8. The van der Waals surface area contributed by atoms with Crippen molar-refractivity contribution in [2.45, 2.75) is 114 Å². The second-order valence-corrected chi connectivity index (χ2v) is 14.8. The third-order valence-electron chi connectivity index (χ3n) is 11.7. The molecule has 0 unspecified atom stereocenters. The van der Waals surface area contributed by atoms with Crippen LogP contribution in [0.3, 0.4) is 0 Å². The number of imidazole rings is 3. The van der Waals surface area contributed by atoms with Crippen LogP contribution >= 0.6 is 0 Å². The maximum Gasteiger partial charge on any atom is 0.181 e. The lowest BCUT2D eigenvalue weighted by molar-refractivity contribution is 0.425. The number of nitrogens with zero attached hydrogens (tertiary/aromatic N) is 12. The molecule has 0 amide bonds. The van der Waals surface area contributed by atoms with Gasteiger partial charge in [0.05, 0.1) is 35.7 Å². The topological polar surface area (TPSA) is 131 Å². The summed E-state index contributed by atoms with van der Waals surface area (Å²) in [7, 11) is 0. The lowest BCUT2D eigenvalue weighted by Gasteiger charge is -2.25. The summed E-state index contributed by atoms with van der Waals surface area (Å²) < 4.78 is 6.97. The summed E-state index contributed by atoms with van der Waals surface area (Å²) in [6.07, 6.45) is 28.4. The van der Waals surface area contributed by atoms with Crippen molar-refractivity contribution in [1.29, 1.82) is 0 Å². The van der Waals surface area contributed by atoms with E-state index in [-0.39, 0.29) is 0 Å². The van der Waals surface area contributed by atoms with Gasteiger partial charge < -0.3 is 0 Å². The molecule has 3 aliphatic rings. The van der Waals surface area contributed by atoms with E-state index < -0.39 is 0 Å². The molecule has 258 valence electrons. The molecule has 0 bridgehead atoms. The fraction of sp³-hybridized carbons (Fsp3) is 0.462. The predicted octanol–water partition coefficient (Wildman–Crippen LogP) is 8.22. The molecule has 6 heterocycles. The number of hydrogen-bond acceptors (Lipinski definition) is 9. The van der Waals surface area contributed by atoms with Gasteiger partial charge in [-0.2, -0.15) is 0 Å². The average Bonchev–Trinajstić information content (AvgIpc) is 3.91. The molecule has 12 nitrogen and oxygen atoms in total. The molecule has 0 radical (unpaired) electrons. The van der Waals surface area contributed by atoms with Gasteiger partial charge >= 0.3 is 0 Å². The molecule has 6 aromatic heterocycles. The highest BCUT2D eigenvalue weighted by molar-refractivity contribution is 5.78. The van der Waals surface area contributed by atoms with Crippen LogP contribution < -0.4 is 0 Å². The van der Waals surface area contributed by atoms with Gasteiger partial charge in [0, 0.05) is 17.8 Å². The quantitative estimate of drug-likeness (QED) is 0.171. The van der Waals surface area contributed by atoms with Crippen LogP contribution in [0.1, 0.15) is 132 Å². The first kappa shape index (κ1) is 30.7. The predicted molar refractivity (Wildman–Crippen MR) is 195 cm³/mol. The van der Waals surface area contributed by atoms with E-state index >= 15 is 0 Å². The molecule has 0 aliphatic heterocycles. The molecule has 12 heteroatoms. The van der Waals surface area contributed by atoms with Gasteiger partial charge in [-0.25, -0.2) is 44.9 Å². The highest BCUT2D eigenvalue weighted by Crippen LogP contribution is 2.40. The third kappa shape index (κ3) is 5.37. The molecule has 0 saturated heterocycles. The Morgan fingerprint density at radius 1 is 0.392 bits per heavy atom. The van der Waals surface area contributed by atoms with Crippen LogP contribution in [0.15, 0.2) is 55.8 Å². The highest BCUT2D eigenvalue weighted by atomic mass is 15.2. The molecular weight excluding hydrogens is 637 g/mol. The molecule has 3 fully saturated rings. The molecule has 1 aromatic carbocycles. The van der Waals surface area contributed by atoms with Crippen molar-refractivity contribution in [2.24, 2.45) is 0 Å². The molecule has 3 aliphatic carbocycles. The minimum absolute atomic E-state index is 0.348. The van der Waals surface area contributed by atoms with Gasteiger partial charge in [-0.15, -0.1) is 0 Å². The number of aromatic nitrogens is 12. The van der Waals surface area contributed by atoms with Crippen LogP contribution in [-0.4, -0.2) is 58.6 Å². The van der Waals surface area contributed by atoms with Crippen LogP contribution in [0, 0.1) is 0 Å². The smallest absolute Gasteiger partial charge is 0.181 e. The summed E-state index contributed by atoms with van der Waals surface area (Å²) in [5.41, 5.74) is 7.98. The first-order chi connectivity index (χ1) is 25.3. The number of hydrogen-bond donors (Lipinski definition) is 0. The fourth-order valence-corrected chi connectivity index (χ4v) is 9.21. The Labute approximate surface area is 295 Å². The summed E-state index contributed by atoms with van der Waals surface area (Å²) in [6, 6.07) is 6.88. The normalized spacial score (nSPS) is 18.4. The second kappa shape index (κ2) is 12.9. The van der Waals surface area contributed by atoms with E-state index in [1.54, 1.807) is 19.0 Å². The zero-order valence-corrected chi connectivity index (χ0v) is 28.9. The number of fused-ring (bicyclic) bond motifs is 3. The van der Waals surface area contributed by atoms with Gasteiger partial charge in [-0.05, 0) is 56.7 Å². The van der Waals surface area contributed by atoms with Crippen LogP contribution in [0.2, 0.25) is 0 Å². The third-order valence-corrected chi connectivity index (χ3v) is 11.7. The molecule has 51 heavy (non-hydrogen) atoms. The Balaban J connectivity index is 1.27. The van der Waals surface area contributed by atoms with Gasteiger partial charge in [0.2, 0.25) is 0 Å². The van der Waals surface area contributed by atoms with Crippen molar-refractivity contribution < 1.29 is 0 Å². The lowest BCUT2D eigenvalue weighted by atomic mass is 9.88. The minimum atomic E-state index is 0.348. The highest BCUT2D eigenvalue weighted by Gasteiger charge is 2.29. The first-order valence-electron chi connectivity index (χ1n) is 19.0. The fourth-order valence-electron chi connectivity index (χ4n) is 9.21. The van der Waals surface area contributed by atoms with Gasteiger partial charge in [0.1, 0.15) is 53.0 Å². The maximum absolute atomic E-state index is 5.21.